The van der Waals surface area contributed by atoms with Crippen molar-refractivity contribution < 1.29 is 9.13 Å². The van der Waals surface area contributed by atoms with Crippen molar-refractivity contribution in [2.45, 2.75) is 6.42 Å². The van der Waals surface area contributed by atoms with Crippen molar-refractivity contribution >= 4 is 28.9 Å². The SMILES string of the molecule is COc1cccc(F)c1CCN1C=CN(NC(N)=S)C=C1Cl. The molecule has 0 fully saturated rings. The molecule has 118 valence electrons. The van der Waals surface area contributed by atoms with Gasteiger partial charge in [-0.2, -0.15) is 0 Å². The number of hydrogen-bond donors (Lipinski definition) is 2. The fraction of sp³-hybridized carbons (Fsp3) is 0.214. The van der Waals surface area contributed by atoms with Crippen LogP contribution >= 0.6 is 23.8 Å². The molecule has 3 N–H and O–H groups in total. The predicted octanol–water partition coefficient (Wildman–Crippen LogP) is 2.25. The third-order valence-electron chi connectivity index (χ3n) is 3.06. The molecular weight excluding hydrogens is 327 g/mol. The Morgan fingerprint density at radius 3 is 2.86 bits per heavy atom. The lowest BCUT2D eigenvalue weighted by molar-refractivity contribution is 0.379. The van der Waals surface area contributed by atoms with Crippen molar-refractivity contribution in [3.05, 3.63) is 53.3 Å². The second kappa shape index (κ2) is 7.33. The van der Waals surface area contributed by atoms with Gasteiger partial charge in [0.2, 0.25) is 0 Å². The topological polar surface area (TPSA) is 53.8 Å². The maximum Gasteiger partial charge on any atom is 0.183 e. The molecule has 0 spiro atoms. The molecule has 22 heavy (non-hydrogen) atoms. The van der Waals surface area contributed by atoms with Crippen molar-refractivity contribution in [3.8, 4) is 5.75 Å². The van der Waals surface area contributed by atoms with Crippen LogP contribution in [0.25, 0.3) is 0 Å². The number of rotatable bonds is 5. The molecule has 0 aromatic heterocycles. The van der Waals surface area contributed by atoms with E-state index in [0.717, 1.165) is 0 Å². The standard InChI is InChI=1S/C14H16ClFN4OS/c1-21-12-4-2-3-11(16)10(12)5-6-19-7-8-20(9-13(19)15)18-14(17)22/h2-4,7-9H,5-6H2,1H3,(H3,17,18,22). The molecular formula is C14H16ClFN4OS. The largest absolute Gasteiger partial charge is 0.496 e. The van der Waals surface area contributed by atoms with Crippen LogP contribution in [0.5, 0.6) is 5.75 Å². The van der Waals surface area contributed by atoms with Gasteiger partial charge in [-0.05, 0) is 30.8 Å². The highest BCUT2D eigenvalue weighted by Gasteiger charge is 2.15. The molecule has 0 bridgehead atoms. The quantitative estimate of drug-likeness (QED) is 0.632. The van der Waals surface area contributed by atoms with E-state index >= 15 is 0 Å². The molecule has 1 aliphatic heterocycles. The fourth-order valence-electron chi connectivity index (χ4n) is 2.04. The minimum absolute atomic E-state index is 0.134. The van der Waals surface area contributed by atoms with Crippen LogP contribution in [0.1, 0.15) is 5.56 Å². The van der Waals surface area contributed by atoms with Gasteiger partial charge in [0.15, 0.2) is 5.11 Å². The number of nitrogens with zero attached hydrogens (tertiary/aromatic N) is 2. The molecule has 0 saturated carbocycles. The zero-order valence-electron chi connectivity index (χ0n) is 11.9. The smallest absolute Gasteiger partial charge is 0.183 e. The summed E-state index contributed by atoms with van der Waals surface area (Å²) in [6, 6.07) is 4.76. The highest BCUT2D eigenvalue weighted by molar-refractivity contribution is 7.80. The molecule has 0 amide bonds. The Kier molecular flexibility index (Phi) is 5.46. The number of hydrogen-bond acceptors (Lipinski definition) is 4. The van der Waals surface area contributed by atoms with E-state index in [1.807, 2.05) is 0 Å². The summed E-state index contributed by atoms with van der Waals surface area (Å²) in [5.74, 6) is 0.232. The van der Waals surface area contributed by atoms with E-state index in [0.29, 0.717) is 29.4 Å². The second-order valence-electron chi connectivity index (χ2n) is 4.50. The zero-order valence-corrected chi connectivity index (χ0v) is 13.5. The minimum atomic E-state index is -0.294. The maximum absolute atomic E-state index is 13.9. The Labute approximate surface area is 138 Å². The van der Waals surface area contributed by atoms with Gasteiger partial charge in [0.25, 0.3) is 0 Å². The number of thiocarbonyl (C=S) groups is 1. The van der Waals surface area contributed by atoms with Gasteiger partial charge < -0.3 is 15.4 Å². The van der Waals surface area contributed by atoms with Crippen molar-refractivity contribution in [3.63, 3.8) is 0 Å². The number of halogens is 2. The Hall–Kier alpha value is -1.99. The molecule has 0 unspecified atom stereocenters. The van der Waals surface area contributed by atoms with Crippen molar-refractivity contribution in [1.29, 1.82) is 0 Å². The Morgan fingerprint density at radius 1 is 1.45 bits per heavy atom. The van der Waals surface area contributed by atoms with Crippen molar-refractivity contribution in [1.82, 2.24) is 15.3 Å². The number of ether oxygens (including phenoxy) is 1. The highest BCUT2D eigenvalue weighted by Crippen LogP contribution is 2.23. The highest BCUT2D eigenvalue weighted by atomic mass is 35.5. The molecule has 0 aliphatic carbocycles. The molecule has 1 aliphatic rings. The van der Waals surface area contributed by atoms with E-state index in [4.69, 9.17) is 34.3 Å². The lowest BCUT2D eigenvalue weighted by Gasteiger charge is -2.28. The predicted molar refractivity (Wildman–Crippen MR) is 88.2 cm³/mol. The Bertz CT molecular complexity index is 623. The van der Waals surface area contributed by atoms with Crippen LogP contribution in [0.15, 0.2) is 42.0 Å². The van der Waals surface area contributed by atoms with Crippen LogP contribution in [-0.2, 0) is 6.42 Å². The minimum Gasteiger partial charge on any atom is -0.496 e. The van der Waals surface area contributed by atoms with E-state index in [9.17, 15) is 4.39 Å². The summed E-state index contributed by atoms with van der Waals surface area (Å²) < 4.78 is 19.1. The molecule has 0 saturated heterocycles. The second-order valence-corrected chi connectivity index (χ2v) is 5.32. The van der Waals surface area contributed by atoms with Crippen molar-refractivity contribution in [2.24, 2.45) is 5.73 Å². The summed E-state index contributed by atoms with van der Waals surface area (Å²) >= 11 is 10.9. The first-order valence-electron chi connectivity index (χ1n) is 6.49. The normalized spacial score (nSPS) is 13.9. The maximum atomic E-state index is 13.9. The summed E-state index contributed by atoms with van der Waals surface area (Å²) in [6.07, 6.45) is 5.54. The van der Waals surface area contributed by atoms with Crippen LogP contribution in [0, 0.1) is 5.82 Å². The van der Waals surface area contributed by atoms with Gasteiger partial charge in [0, 0.05) is 24.5 Å². The zero-order chi connectivity index (χ0) is 16.1. The first-order chi connectivity index (χ1) is 10.5. The average Bonchev–Trinajstić information content (AvgIpc) is 2.46. The summed E-state index contributed by atoms with van der Waals surface area (Å²) in [5, 5.41) is 2.14. The lowest BCUT2D eigenvalue weighted by Crippen LogP contribution is -2.40. The van der Waals surface area contributed by atoms with Crippen molar-refractivity contribution in [2.75, 3.05) is 13.7 Å². The van der Waals surface area contributed by atoms with E-state index in [2.05, 4.69) is 5.43 Å². The van der Waals surface area contributed by atoms with Crippen LogP contribution in [0.2, 0.25) is 0 Å². The summed E-state index contributed by atoms with van der Waals surface area (Å²) in [4.78, 5) is 1.78. The van der Waals surface area contributed by atoms with Gasteiger partial charge in [-0.3, -0.25) is 10.4 Å². The average molecular weight is 343 g/mol. The number of hydrazine groups is 1. The third kappa shape index (κ3) is 4.02. The van der Waals surface area contributed by atoms with Gasteiger partial charge in [-0.1, -0.05) is 17.7 Å². The van der Waals surface area contributed by atoms with E-state index < -0.39 is 0 Å². The van der Waals surface area contributed by atoms with E-state index in [1.54, 1.807) is 40.6 Å². The summed E-state index contributed by atoms with van der Waals surface area (Å²) in [5.41, 5.74) is 8.63. The van der Waals surface area contributed by atoms with Gasteiger partial charge in [-0.15, -0.1) is 0 Å². The number of nitrogens with one attached hydrogen (secondary N) is 1. The van der Waals surface area contributed by atoms with Gasteiger partial charge >= 0.3 is 0 Å². The number of benzene rings is 1. The lowest BCUT2D eigenvalue weighted by atomic mass is 10.1. The monoisotopic (exact) mass is 342 g/mol. The molecule has 1 heterocycles. The summed E-state index contributed by atoms with van der Waals surface area (Å²) in [7, 11) is 1.52. The molecule has 0 radical (unpaired) electrons. The van der Waals surface area contributed by atoms with Gasteiger partial charge in [-0.25, -0.2) is 4.39 Å². The summed E-state index contributed by atoms with van der Waals surface area (Å²) in [6.45, 7) is 0.504. The van der Waals surface area contributed by atoms with Crippen LogP contribution in [-0.4, -0.2) is 28.7 Å². The fourth-order valence-corrected chi connectivity index (χ4v) is 2.39. The molecule has 1 aromatic carbocycles. The molecule has 1 aromatic rings. The van der Waals surface area contributed by atoms with Crippen LogP contribution in [0.3, 0.4) is 0 Å². The van der Waals surface area contributed by atoms with Gasteiger partial charge in [0.1, 0.15) is 16.7 Å². The van der Waals surface area contributed by atoms with E-state index in [-0.39, 0.29) is 10.9 Å². The van der Waals surface area contributed by atoms with Gasteiger partial charge in [0.05, 0.1) is 13.3 Å². The molecule has 0 atom stereocenters. The number of methoxy groups -OCH3 is 1. The van der Waals surface area contributed by atoms with Crippen LogP contribution in [0.4, 0.5) is 4.39 Å². The Balaban J connectivity index is 2.02. The first-order valence-corrected chi connectivity index (χ1v) is 7.28. The van der Waals surface area contributed by atoms with Crippen LogP contribution < -0.4 is 15.9 Å². The third-order valence-corrected chi connectivity index (χ3v) is 3.47. The Morgan fingerprint density at radius 2 is 2.23 bits per heavy atom. The molecule has 5 nitrogen and oxygen atoms in total. The van der Waals surface area contributed by atoms with E-state index in [1.165, 1.54) is 13.2 Å². The number of nitrogens with two attached hydrogens (primary N) is 1. The molecule has 8 heteroatoms. The first kappa shape index (κ1) is 16.4. The molecule has 2 rings (SSSR count).